The summed E-state index contributed by atoms with van der Waals surface area (Å²) in [4.78, 5) is 28.8. The average molecular weight is 565 g/mol. The third-order valence-electron chi connectivity index (χ3n) is 8.74. The number of nitrogens with zero attached hydrogens (tertiary/aromatic N) is 4. The number of carbonyl (C=O) groups is 1. The molecule has 8 nitrogen and oxygen atoms in total. The van der Waals surface area contributed by atoms with Gasteiger partial charge in [-0.3, -0.25) is 4.79 Å². The van der Waals surface area contributed by atoms with Crippen molar-refractivity contribution < 1.29 is 9.90 Å². The van der Waals surface area contributed by atoms with E-state index in [2.05, 4.69) is 39.4 Å². The van der Waals surface area contributed by atoms with Crippen molar-refractivity contribution in [1.29, 1.82) is 0 Å². The Hall–Kier alpha value is -3.80. The van der Waals surface area contributed by atoms with Crippen molar-refractivity contribution >= 4 is 23.2 Å². The standard InChI is InChI=1S/C34H40N6O2/c1-40-18-15-25(16-19-40)31-22-36-34(39-33(31)37-27-10-12-30(41)13-11-27)38-28-7-4-23(5-8-28)6-9-29-21-26(14-17-35-29)32(42)20-24-2-3-24/h4-5,7-8,14,17,21-22,24-25,27,30,41H,2-3,10-13,15-16,18-20H2,1H3,(H2,36,37,38,39). The highest BCUT2D eigenvalue weighted by Gasteiger charge is 2.26. The summed E-state index contributed by atoms with van der Waals surface area (Å²) in [6.45, 7) is 2.16. The van der Waals surface area contributed by atoms with Gasteiger partial charge in [-0.1, -0.05) is 5.92 Å². The van der Waals surface area contributed by atoms with Gasteiger partial charge in [0, 0.05) is 47.2 Å². The molecule has 218 valence electrons. The number of piperidine rings is 1. The molecule has 2 aliphatic carbocycles. The number of benzene rings is 1. The van der Waals surface area contributed by atoms with E-state index in [4.69, 9.17) is 9.97 Å². The van der Waals surface area contributed by atoms with Gasteiger partial charge in [0.1, 0.15) is 11.5 Å². The highest BCUT2D eigenvalue weighted by Crippen LogP contribution is 2.34. The Balaban J connectivity index is 1.13. The average Bonchev–Trinajstić information content (AvgIpc) is 3.83. The Morgan fingerprint density at radius 3 is 2.48 bits per heavy atom. The highest BCUT2D eigenvalue weighted by molar-refractivity contribution is 5.96. The van der Waals surface area contributed by atoms with Crippen LogP contribution in [0.4, 0.5) is 17.5 Å². The molecule has 1 aromatic carbocycles. The predicted octanol–water partition coefficient (Wildman–Crippen LogP) is 5.52. The molecule has 0 bridgehead atoms. The summed E-state index contributed by atoms with van der Waals surface area (Å²) in [7, 11) is 2.18. The maximum atomic E-state index is 12.4. The molecule has 8 heteroatoms. The number of nitrogens with one attached hydrogen (secondary N) is 2. The summed E-state index contributed by atoms with van der Waals surface area (Å²) in [5.74, 6) is 8.91. The fourth-order valence-corrected chi connectivity index (χ4v) is 5.88. The SMILES string of the molecule is CN1CCC(c2cnc(Nc3ccc(C#Cc4cc(C(=O)CC5CC5)ccn4)cc3)nc2NC2CCC(O)CC2)CC1. The normalized spacial score (nSPS) is 21.3. The van der Waals surface area contributed by atoms with Gasteiger partial charge in [0.15, 0.2) is 5.78 Å². The van der Waals surface area contributed by atoms with E-state index >= 15 is 0 Å². The maximum absolute atomic E-state index is 12.4. The van der Waals surface area contributed by atoms with Crippen molar-refractivity contribution in [2.75, 3.05) is 30.8 Å². The minimum atomic E-state index is -0.186. The summed E-state index contributed by atoms with van der Waals surface area (Å²) in [5, 5.41) is 17.0. The molecule has 3 aromatic rings. The number of carbonyl (C=O) groups excluding carboxylic acids is 1. The molecule has 0 spiro atoms. The Morgan fingerprint density at radius 2 is 1.74 bits per heavy atom. The first-order valence-electron chi connectivity index (χ1n) is 15.4. The maximum Gasteiger partial charge on any atom is 0.229 e. The largest absolute Gasteiger partial charge is 0.393 e. The lowest BCUT2D eigenvalue weighted by atomic mass is 9.89. The first kappa shape index (κ1) is 28.3. The summed E-state index contributed by atoms with van der Waals surface area (Å²) in [6, 6.07) is 11.7. The van der Waals surface area contributed by atoms with Crippen molar-refractivity contribution in [3.63, 3.8) is 0 Å². The second-order valence-electron chi connectivity index (χ2n) is 12.2. The minimum absolute atomic E-state index is 0.177. The van der Waals surface area contributed by atoms with Crippen LogP contribution in [0.3, 0.4) is 0 Å². The van der Waals surface area contributed by atoms with Crippen LogP contribution in [0.15, 0.2) is 48.8 Å². The Bertz CT molecular complexity index is 1440. The molecule has 0 atom stereocenters. The molecular weight excluding hydrogens is 524 g/mol. The molecule has 3 heterocycles. The molecule has 3 fully saturated rings. The van der Waals surface area contributed by atoms with Crippen LogP contribution in [0.5, 0.6) is 0 Å². The third kappa shape index (κ3) is 7.53. The molecular formula is C34H40N6O2. The zero-order valence-corrected chi connectivity index (χ0v) is 24.4. The summed E-state index contributed by atoms with van der Waals surface area (Å²) in [5.41, 5.74) is 4.22. The number of aliphatic hydroxyl groups excluding tert-OH is 1. The van der Waals surface area contributed by atoms with E-state index in [-0.39, 0.29) is 11.9 Å². The Labute approximate surface area is 248 Å². The first-order chi connectivity index (χ1) is 20.5. The predicted molar refractivity (Wildman–Crippen MR) is 165 cm³/mol. The van der Waals surface area contributed by atoms with Crippen LogP contribution in [0.1, 0.15) is 90.9 Å². The topological polar surface area (TPSA) is 103 Å². The van der Waals surface area contributed by atoms with Gasteiger partial charge >= 0.3 is 0 Å². The van der Waals surface area contributed by atoms with E-state index in [1.807, 2.05) is 30.5 Å². The fraction of sp³-hybridized carbons (Fsp3) is 0.471. The number of anilines is 3. The lowest BCUT2D eigenvalue weighted by molar-refractivity contribution is 0.0976. The number of aliphatic hydroxyl groups is 1. The number of hydrogen-bond acceptors (Lipinski definition) is 8. The Morgan fingerprint density at radius 1 is 0.976 bits per heavy atom. The second kappa shape index (κ2) is 13.0. The van der Waals surface area contributed by atoms with Gasteiger partial charge in [0.05, 0.1) is 6.10 Å². The van der Waals surface area contributed by atoms with Crippen LogP contribution in [0.2, 0.25) is 0 Å². The van der Waals surface area contributed by atoms with Crippen molar-refractivity contribution in [2.45, 2.75) is 75.9 Å². The summed E-state index contributed by atoms with van der Waals surface area (Å²) < 4.78 is 0. The third-order valence-corrected chi connectivity index (χ3v) is 8.74. The number of rotatable bonds is 8. The summed E-state index contributed by atoms with van der Waals surface area (Å²) in [6.07, 6.45) is 12.2. The fourth-order valence-electron chi connectivity index (χ4n) is 5.88. The quantitative estimate of drug-likeness (QED) is 0.243. The molecule has 1 aliphatic heterocycles. The van der Waals surface area contributed by atoms with E-state index < -0.39 is 0 Å². The first-order valence-corrected chi connectivity index (χ1v) is 15.4. The minimum Gasteiger partial charge on any atom is -0.393 e. The number of ketones is 1. The lowest BCUT2D eigenvalue weighted by Crippen LogP contribution is -2.31. The van der Waals surface area contributed by atoms with Gasteiger partial charge in [-0.15, -0.1) is 0 Å². The molecule has 2 saturated carbocycles. The zero-order valence-electron chi connectivity index (χ0n) is 24.4. The van der Waals surface area contributed by atoms with Crippen molar-refractivity contribution in [3.8, 4) is 11.8 Å². The Kier molecular flexibility index (Phi) is 8.78. The van der Waals surface area contributed by atoms with E-state index in [0.717, 1.165) is 81.5 Å². The molecule has 3 aliphatic rings. The summed E-state index contributed by atoms with van der Waals surface area (Å²) >= 11 is 0. The number of likely N-dealkylation sites (tertiary alicyclic amines) is 1. The van der Waals surface area contributed by atoms with Crippen LogP contribution in [-0.4, -0.2) is 63.0 Å². The second-order valence-corrected chi connectivity index (χ2v) is 12.2. The van der Waals surface area contributed by atoms with Crippen LogP contribution in [0.25, 0.3) is 0 Å². The molecule has 0 radical (unpaired) electrons. The smallest absolute Gasteiger partial charge is 0.229 e. The monoisotopic (exact) mass is 564 g/mol. The molecule has 0 unspecified atom stereocenters. The molecule has 3 N–H and O–H groups in total. The lowest BCUT2D eigenvalue weighted by Gasteiger charge is -2.32. The van der Waals surface area contributed by atoms with Gasteiger partial charge in [0.25, 0.3) is 0 Å². The van der Waals surface area contributed by atoms with Gasteiger partial charge in [-0.2, -0.15) is 4.98 Å². The van der Waals surface area contributed by atoms with Crippen LogP contribution >= 0.6 is 0 Å². The van der Waals surface area contributed by atoms with E-state index in [1.54, 1.807) is 18.3 Å². The zero-order chi connectivity index (χ0) is 28.9. The van der Waals surface area contributed by atoms with E-state index in [1.165, 1.54) is 5.56 Å². The number of aromatic nitrogens is 3. The van der Waals surface area contributed by atoms with Crippen LogP contribution < -0.4 is 10.6 Å². The molecule has 0 amide bonds. The van der Waals surface area contributed by atoms with Crippen molar-refractivity contribution in [3.05, 3.63) is 71.2 Å². The molecule has 2 aromatic heterocycles. The van der Waals surface area contributed by atoms with Gasteiger partial charge in [0.2, 0.25) is 5.95 Å². The number of Topliss-reactive ketones (excluding diaryl/α,β-unsaturated/α-hetero) is 1. The van der Waals surface area contributed by atoms with Gasteiger partial charge in [-0.05, 0) is 126 Å². The molecule has 42 heavy (non-hydrogen) atoms. The number of hydrogen-bond donors (Lipinski definition) is 3. The molecule has 1 saturated heterocycles. The van der Waals surface area contributed by atoms with Crippen LogP contribution in [0, 0.1) is 17.8 Å². The van der Waals surface area contributed by atoms with Gasteiger partial charge in [-0.25, -0.2) is 9.97 Å². The van der Waals surface area contributed by atoms with Crippen molar-refractivity contribution in [2.24, 2.45) is 5.92 Å². The van der Waals surface area contributed by atoms with E-state index in [9.17, 15) is 9.90 Å². The molecule has 6 rings (SSSR count). The van der Waals surface area contributed by atoms with E-state index in [0.29, 0.717) is 41.5 Å². The van der Waals surface area contributed by atoms with Gasteiger partial charge < -0.3 is 20.6 Å². The van der Waals surface area contributed by atoms with Crippen LogP contribution in [-0.2, 0) is 0 Å². The number of pyridine rings is 1. The van der Waals surface area contributed by atoms with Crippen molar-refractivity contribution in [1.82, 2.24) is 19.9 Å². The highest BCUT2D eigenvalue weighted by atomic mass is 16.3.